The van der Waals surface area contributed by atoms with Crippen LogP contribution in [0, 0.1) is 13.8 Å². The first kappa shape index (κ1) is 16.5. The zero-order valence-electron chi connectivity index (χ0n) is 14.4. The molecule has 1 unspecified atom stereocenters. The number of fused-ring (bicyclic) bond motifs is 1. The maximum Gasteiger partial charge on any atom is 0.145 e. The summed E-state index contributed by atoms with van der Waals surface area (Å²) in [6, 6.07) is 5.63. The van der Waals surface area contributed by atoms with Crippen LogP contribution in [0.3, 0.4) is 0 Å². The maximum atomic E-state index is 6.01. The van der Waals surface area contributed by atoms with Gasteiger partial charge in [0, 0.05) is 16.6 Å². The van der Waals surface area contributed by atoms with Crippen LogP contribution in [0.1, 0.15) is 30.7 Å². The molecule has 0 bridgehead atoms. The van der Waals surface area contributed by atoms with Gasteiger partial charge in [-0.05, 0) is 44.9 Å². The highest BCUT2D eigenvalue weighted by atomic mass is 32.1. The number of ether oxygens (including phenoxy) is 1. The smallest absolute Gasteiger partial charge is 0.145 e. The standard InChI is InChI=1S/C18H22N4OS/c1-5-10(2)23-15-8-13(19)6-7-14(15)22-17-16-11(3)12(4)24-18(16)21-9-20-17/h6-10H,5,19H2,1-4H3,(H,20,21,22). The summed E-state index contributed by atoms with van der Waals surface area (Å²) in [6.45, 7) is 8.34. The highest BCUT2D eigenvalue weighted by molar-refractivity contribution is 7.18. The Kier molecular flexibility index (Phi) is 4.57. The summed E-state index contributed by atoms with van der Waals surface area (Å²) in [5.74, 6) is 1.53. The monoisotopic (exact) mass is 342 g/mol. The molecule has 0 radical (unpaired) electrons. The highest BCUT2D eigenvalue weighted by Gasteiger charge is 2.14. The van der Waals surface area contributed by atoms with E-state index in [1.54, 1.807) is 17.7 Å². The Bertz CT molecular complexity index is 875. The number of benzene rings is 1. The van der Waals surface area contributed by atoms with E-state index in [1.165, 1.54) is 10.4 Å². The van der Waals surface area contributed by atoms with Crippen LogP contribution in [0.25, 0.3) is 10.2 Å². The first-order valence-electron chi connectivity index (χ1n) is 8.03. The minimum absolute atomic E-state index is 0.114. The lowest BCUT2D eigenvalue weighted by Crippen LogP contribution is -2.11. The molecule has 2 aromatic heterocycles. The summed E-state index contributed by atoms with van der Waals surface area (Å²) in [6.07, 6.45) is 2.63. The van der Waals surface area contributed by atoms with Crippen LogP contribution in [0.5, 0.6) is 5.75 Å². The van der Waals surface area contributed by atoms with Crippen molar-refractivity contribution in [1.82, 2.24) is 9.97 Å². The van der Waals surface area contributed by atoms with Crippen molar-refractivity contribution in [3.8, 4) is 5.75 Å². The average Bonchev–Trinajstić information content (AvgIpc) is 2.85. The van der Waals surface area contributed by atoms with Gasteiger partial charge in [0.15, 0.2) is 0 Å². The van der Waals surface area contributed by atoms with Crippen molar-refractivity contribution in [3.63, 3.8) is 0 Å². The van der Waals surface area contributed by atoms with Crippen LogP contribution in [0.4, 0.5) is 17.2 Å². The van der Waals surface area contributed by atoms with Gasteiger partial charge in [0.05, 0.1) is 17.2 Å². The van der Waals surface area contributed by atoms with Crippen LogP contribution in [-0.4, -0.2) is 16.1 Å². The fraction of sp³-hybridized carbons (Fsp3) is 0.333. The molecule has 3 N–H and O–H groups in total. The third-order valence-corrected chi connectivity index (χ3v) is 5.24. The van der Waals surface area contributed by atoms with Crippen LogP contribution in [0.15, 0.2) is 24.5 Å². The SMILES string of the molecule is CCC(C)Oc1cc(N)ccc1Nc1ncnc2sc(C)c(C)c12. The molecule has 0 saturated carbocycles. The van der Waals surface area contributed by atoms with Crippen LogP contribution >= 0.6 is 11.3 Å². The number of nitrogen functional groups attached to an aromatic ring is 1. The zero-order valence-corrected chi connectivity index (χ0v) is 15.2. The molecule has 2 heterocycles. The molecule has 24 heavy (non-hydrogen) atoms. The molecule has 126 valence electrons. The Morgan fingerprint density at radius 1 is 1.29 bits per heavy atom. The van der Waals surface area contributed by atoms with Gasteiger partial charge in [-0.2, -0.15) is 0 Å². The average molecular weight is 342 g/mol. The van der Waals surface area contributed by atoms with Gasteiger partial charge in [-0.1, -0.05) is 6.92 Å². The van der Waals surface area contributed by atoms with Gasteiger partial charge in [-0.3, -0.25) is 0 Å². The number of aryl methyl sites for hydroxylation is 2. The van der Waals surface area contributed by atoms with Gasteiger partial charge in [-0.25, -0.2) is 9.97 Å². The number of nitrogens with one attached hydrogen (secondary N) is 1. The van der Waals surface area contributed by atoms with Crippen molar-refractivity contribution in [2.75, 3.05) is 11.1 Å². The number of anilines is 3. The van der Waals surface area contributed by atoms with Crippen LogP contribution in [-0.2, 0) is 0 Å². The predicted molar refractivity (Wildman–Crippen MR) is 101 cm³/mol. The van der Waals surface area contributed by atoms with Gasteiger partial charge in [-0.15, -0.1) is 11.3 Å². The molecular formula is C18H22N4OS. The van der Waals surface area contributed by atoms with Crippen molar-refractivity contribution in [2.45, 2.75) is 40.2 Å². The number of hydrogen-bond donors (Lipinski definition) is 2. The van der Waals surface area contributed by atoms with E-state index in [2.05, 4.69) is 36.1 Å². The topological polar surface area (TPSA) is 73.1 Å². The second-order valence-electron chi connectivity index (χ2n) is 5.90. The van der Waals surface area contributed by atoms with E-state index < -0.39 is 0 Å². The van der Waals surface area contributed by atoms with Crippen molar-refractivity contribution in [2.24, 2.45) is 0 Å². The first-order chi connectivity index (χ1) is 11.5. The normalized spacial score (nSPS) is 12.3. The Balaban J connectivity index is 2.03. The third kappa shape index (κ3) is 3.14. The maximum absolute atomic E-state index is 6.01. The minimum atomic E-state index is 0.114. The molecule has 5 nitrogen and oxygen atoms in total. The van der Waals surface area contributed by atoms with E-state index in [-0.39, 0.29) is 6.10 Å². The summed E-state index contributed by atoms with van der Waals surface area (Å²) >= 11 is 1.68. The molecular weight excluding hydrogens is 320 g/mol. The van der Waals surface area contributed by atoms with Crippen molar-refractivity contribution < 1.29 is 4.74 Å². The number of nitrogens with zero attached hydrogens (tertiary/aromatic N) is 2. The van der Waals surface area contributed by atoms with E-state index in [1.807, 2.05) is 25.1 Å². The summed E-state index contributed by atoms with van der Waals surface area (Å²) in [5, 5.41) is 4.46. The number of aromatic nitrogens is 2. The predicted octanol–water partition coefficient (Wildman–Crippen LogP) is 4.81. The molecule has 1 aromatic carbocycles. The summed E-state index contributed by atoms with van der Waals surface area (Å²) in [4.78, 5) is 11.1. The van der Waals surface area contributed by atoms with Gasteiger partial charge in [0.2, 0.25) is 0 Å². The van der Waals surface area contributed by atoms with E-state index >= 15 is 0 Å². The summed E-state index contributed by atoms with van der Waals surface area (Å²) < 4.78 is 6.01. The second-order valence-corrected chi connectivity index (χ2v) is 7.11. The lowest BCUT2D eigenvalue weighted by Gasteiger charge is -2.17. The molecule has 1 atom stereocenters. The molecule has 0 saturated heterocycles. The van der Waals surface area contributed by atoms with E-state index in [0.717, 1.165) is 33.9 Å². The fourth-order valence-corrected chi connectivity index (χ4v) is 3.44. The summed E-state index contributed by atoms with van der Waals surface area (Å²) in [5.41, 5.74) is 8.66. The molecule has 3 aromatic rings. The second kappa shape index (κ2) is 6.65. The number of rotatable bonds is 5. The van der Waals surface area contributed by atoms with Gasteiger partial charge >= 0.3 is 0 Å². The molecule has 0 aliphatic heterocycles. The Morgan fingerprint density at radius 3 is 2.83 bits per heavy atom. The van der Waals surface area contributed by atoms with Crippen LogP contribution < -0.4 is 15.8 Å². The third-order valence-electron chi connectivity index (χ3n) is 4.13. The summed E-state index contributed by atoms with van der Waals surface area (Å²) in [7, 11) is 0. The molecule has 0 amide bonds. The Hall–Kier alpha value is -2.34. The van der Waals surface area contributed by atoms with Crippen molar-refractivity contribution in [3.05, 3.63) is 35.0 Å². The van der Waals surface area contributed by atoms with Crippen molar-refractivity contribution in [1.29, 1.82) is 0 Å². The molecule has 0 aliphatic rings. The molecule has 6 heteroatoms. The number of hydrogen-bond acceptors (Lipinski definition) is 6. The Morgan fingerprint density at radius 2 is 2.08 bits per heavy atom. The number of thiophene rings is 1. The van der Waals surface area contributed by atoms with E-state index in [4.69, 9.17) is 10.5 Å². The number of nitrogens with two attached hydrogens (primary N) is 1. The molecule has 0 fully saturated rings. The van der Waals surface area contributed by atoms with Gasteiger partial charge in [0.25, 0.3) is 0 Å². The molecule has 0 spiro atoms. The molecule has 0 aliphatic carbocycles. The quantitative estimate of drug-likeness (QED) is 0.651. The van der Waals surface area contributed by atoms with Gasteiger partial charge in [0.1, 0.15) is 22.7 Å². The van der Waals surface area contributed by atoms with Gasteiger partial charge < -0.3 is 15.8 Å². The largest absolute Gasteiger partial charge is 0.488 e. The van der Waals surface area contributed by atoms with Crippen LogP contribution in [0.2, 0.25) is 0 Å². The first-order valence-corrected chi connectivity index (χ1v) is 8.85. The zero-order chi connectivity index (χ0) is 17.3. The molecule has 3 rings (SSSR count). The minimum Gasteiger partial charge on any atom is -0.488 e. The fourth-order valence-electron chi connectivity index (χ4n) is 2.44. The van der Waals surface area contributed by atoms with E-state index in [0.29, 0.717) is 5.69 Å². The Labute approximate surface area is 145 Å². The lowest BCUT2D eigenvalue weighted by atomic mass is 10.2. The lowest BCUT2D eigenvalue weighted by molar-refractivity contribution is 0.219. The van der Waals surface area contributed by atoms with E-state index in [9.17, 15) is 0 Å². The highest BCUT2D eigenvalue weighted by Crippen LogP contribution is 2.36. The van der Waals surface area contributed by atoms with Crippen molar-refractivity contribution >= 4 is 38.7 Å².